The van der Waals surface area contributed by atoms with Crippen LogP contribution in [0, 0.1) is 0 Å². The summed E-state index contributed by atoms with van der Waals surface area (Å²) in [6, 6.07) is 11.5. The zero-order chi connectivity index (χ0) is 20.5. The molecular formula is C22H21NO6. The van der Waals surface area contributed by atoms with Gasteiger partial charge in [0.25, 0.3) is 5.91 Å². The average molecular weight is 395 g/mol. The summed E-state index contributed by atoms with van der Waals surface area (Å²) in [5.41, 5.74) is 0.819. The fraction of sp³-hybridized carbons (Fsp3) is 0.273. The zero-order valence-electron chi connectivity index (χ0n) is 16.4. The van der Waals surface area contributed by atoms with E-state index in [0.29, 0.717) is 28.2 Å². The van der Waals surface area contributed by atoms with Crippen molar-refractivity contribution in [3.05, 3.63) is 64.0 Å². The number of hydrogen-bond donors (Lipinski definition) is 1. The third kappa shape index (κ3) is 3.89. The van der Waals surface area contributed by atoms with Crippen LogP contribution in [-0.2, 0) is 0 Å². The first-order valence-electron chi connectivity index (χ1n) is 9.35. The van der Waals surface area contributed by atoms with Crippen LogP contribution in [0.5, 0.6) is 17.2 Å². The van der Waals surface area contributed by atoms with Gasteiger partial charge in [-0.15, -0.1) is 0 Å². The number of carbonyl (C=O) groups is 1. The maximum atomic E-state index is 12.9. The van der Waals surface area contributed by atoms with Crippen molar-refractivity contribution in [2.45, 2.75) is 32.9 Å². The first kappa shape index (κ1) is 18.9. The first-order chi connectivity index (χ1) is 13.9. The lowest BCUT2D eigenvalue weighted by Gasteiger charge is -2.16. The lowest BCUT2D eigenvalue weighted by atomic mass is 10.1. The van der Waals surface area contributed by atoms with E-state index in [1.54, 1.807) is 18.2 Å². The van der Waals surface area contributed by atoms with E-state index in [-0.39, 0.29) is 30.4 Å². The van der Waals surface area contributed by atoms with E-state index in [1.807, 2.05) is 39.0 Å². The van der Waals surface area contributed by atoms with Crippen LogP contribution in [0.2, 0.25) is 0 Å². The Morgan fingerprint density at radius 2 is 1.83 bits per heavy atom. The van der Waals surface area contributed by atoms with Gasteiger partial charge in [0.15, 0.2) is 11.5 Å². The minimum Gasteiger partial charge on any atom is -0.491 e. The van der Waals surface area contributed by atoms with Crippen molar-refractivity contribution in [3.8, 4) is 17.2 Å². The van der Waals surface area contributed by atoms with E-state index in [0.717, 1.165) is 5.56 Å². The highest BCUT2D eigenvalue weighted by Gasteiger charge is 2.19. The van der Waals surface area contributed by atoms with Gasteiger partial charge in [-0.05, 0) is 50.6 Å². The van der Waals surface area contributed by atoms with Gasteiger partial charge in [-0.3, -0.25) is 4.79 Å². The molecule has 150 valence electrons. The summed E-state index contributed by atoms with van der Waals surface area (Å²) < 4.78 is 21.6. The van der Waals surface area contributed by atoms with Crippen molar-refractivity contribution >= 4 is 16.9 Å². The predicted molar refractivity (Wildman–Crippen MR) is 107 cm³/mol. The third-order valence-corrected chi connectivity index (χ3v) is 4.58. The van der Waals surface area contributed by atoms with E-state index < -0.39 is 5.63 Å². The maximum Gasteiger partial charge on any atom is 0.337 e. The van der Waals surface area contributed by atoms with Gasteiger partial charge >= 0.3 is 5.63 Å². The van der Waals surface area contributed by atoms with Crippen molar-refractivity contribution in [2.75, 3.05) is 6.79 Å². The maximum absolute atomic E-state index is 12.9. The summed E-state index contributed by atoms with van der Waals surface area (Å²) in [5.74, 6) is 1.53. The van der Waals surface area contributed by atoms with E-state index in [1.165, 1.54) is 6.07 Å². The highest BCUT2D eigenvalue weighted by molar-refractivity contribution is 6.05. The largest absolute Gasteiger partial charge is 0.491 e. The molecule has 1 amide bonds. The number of amides is 1. The minimum atomic E-state index is -0.597. The van der Waals surface area contributed by atoms with Gasteiger partial charge in [0.05, 0.1) is 17.7 Å². The Morgan fingerprint density at radius 1 is 1.03 bits per heavy atom. The lowest BCUT2D eigenvalue weighted by Crippen LogP contribution is -2.27. The summed E-state index contributed by atoms with van der Waals surface area (Å²) in [5, 5.41) is 3.46. The molecule has 1 aromatic heterocycles. The summed E-state index contributed by atoms with van der Waals surface area (Å²) in [7, 11) is 0. The van der Waals surface area contributed by atoms with Gasteiger partial charge in [0.1, 0.15) is 11.3 Å². The predicted octanol–water partition coefficient (Wildman–Crippen LogP) is 3.80. The van der Waals surface area contributed by atoms with Crippen molar-refractivity contribution in [2.24, 2.45) is 0 Å². The summed E-state index contributed by atoms with van der Waals surface area (Å²) in [6.07, 6.45) is -0.0202. The minimum absolute atomic E-state index is 0.0202. The lowest BCUT2D eigenvalue weighted by molar-refractivity contribution is 0.0940. The molecule has 0 aliphatic carbocycles. The molecule has 2 heterocycles. The first-order valence-corrected chi connectivity index (χ1v) is 9.35. The normalized spacial score (nSPS) is 13.5. The molecule has 0 saturated heterocycles. The van der Waals surface area contributed by atoms with Crippen LogP contribution in [0.3, 0.4) is 0 Å². The van der Waals surface area contributed by atoms with Crippen molar-refractivity contribution in [1.29, 1.82) is 0 Å². The molecule has 0 saturated carbocycles. The Morgan fingerprint density at radius 3 is 2.62 bits per heavy atom. The molecule has 4 rings (SSSR count). The van der Waals surface area contributed by atoms with E-state index in [2.05, 4.69) is 5.32 Å². The van der Waals surface area contributed by atoms with Crippen molar-refractivity contribution in [1.82, 2.24) is 5.32 Å². The molecule has 0 radical (unpaired) electrons. The summed E-state index contributed by atoms with van der Waals surface area (Å²) in [4.78, 5) is 24.9. The number of carbonyl (C=O) groups excluding carboxylic acids is 1. The van der Waals surface area contributed by atoms with Gasteiger partial charge in [0.2, 0.25) is 6.79 Å². The molecule has 1 unspecified atom stereocenters. The zero-order valence-corrected chi connectivity index (χ0v) is 16.4. The Balaban J connectivity index is 1.61. The monoisotopic (exact) mass is 395 g/mol. The SMILES string of the molecule is CC(C)Oc1ccc2c(C(=O)NC(C)c3ccc4c(c3)OCO4)cc(=O)oc2c1. The van der Waals surface area contributed by atoms with Gasteiger partial charge in [-0.1, -0.05) is 6.07 Å². The van der Waals surface area contributed by atoms with E-state index >= 15 is 0 Å². The van der Waals surface area contributed by atoms with E-state index in [9.17, 15) is 9.59 Å². The molecule has 7 nitrogen and oxygen atoms in total. The second-order valence-electron chi connectivity index (χ2n) is 7.11. The fourth-order valence-electron chi connectivity index (χ4n) is 3.22. The number of nitrogens with one attached hydrogen (secondary N) is 1. The second-order valence-corrected chi connectivity index (χ2v) is 7.11. The Kier molecular flexibility index (Phi) is 4.88. The topological polar surface area (TPSA) is 87.0 Å². The molecule has 1 atom stereocenters. The number of hydrogen-bond acceptors (Lipinski definition) is 6. The molecular weight excluding hydrogens is 374 g/mol. The molecule has 2 aromatic carbocycles. The molecule has 0 spiro atoms. The molecule has 3 aromatic rings. The van der Waals surface area contributed by atoms with Crippen LogP contribution >= 0.6 is 0 Å². The standard InChI is InChI=1S/C22H21NO6/c1-12(2)28-15-5-6-16-17(10-21(24)29-19(16)9-15)22(25)23-13(3)14-4-7-18-20(8-14)27-11-26-18/h4-10,12-13H,11H2,1-3H3,(H,23,25). The quantitative estimate of drug-likeness (QED) is 0.661. The van der Waals surface area contributed by atoms with Gasteiger partial charge in [-0.2, -0.15) is 0 Å². The molecule has 1 N–H and O–H groups in total. The molecule has 1 aliphatic rings. The van der Waals surface area contributed by atoms with Crippen LogP contribution in [0.25, 0.3) is 11.0 Å². The Labute approximate surface area is 167 Å². The van der Waals surface area contributed by atoms with Crippen LogP contribution in [0.4, 0.5) is 0 Å². The Hall–Kier alpha value is -3.48. The van der Waals surface area contributed by atoms with Crippen LogP contribution in [0.1, 0.15) is 42.7 Å². The summed E-state index contributed by atoms with van der Waals surface area (Å²) in [6.45, 7) is 5.86. The smallest absolute Gasteiger partial charge is 0.337 e. The highest BCUT2D eigenvalue weighted by Crippen LogP contribution is 2.34. The van der Waals surface area contributed by atoms with Crippen molar-refractivity contribution < 1.29 is 23.4 Å². The van der Waals surface area contributed by atoms with Gasteiger partial charge in [-0.25, -0.2) is 4.79 Å². The van der Waals surface area contributed by atoms with Gasteiger partial charge < -0.3 is 23.9 Å². The number of benzene rings is 2. The molecule has 0 fully saturated rings. The second kappa shape index (κ2) is 7.50. The molecule has 7 heteroatoms. The molecule has 29 heavy (non-hydrogen) atoms. The fourth-order valence-corrected chi connectivity index (χ4v) is 3.22. The van der Waals surface area contributed by atoms with Crippen LogP contribution < -0.4 is 25.2 Å². The number of rotatable bonds is 5. The Bertz CT molecular complexity index is 1130. The van der Waals surface area contributed by atoms with Crippen molar-refractivity contribution in [3.63, 3.8) is 0 Å². The average Bonchev–Trinajstić information content (AvgIpc) is 3.14. The number of ether oxygens (including phenoxy) is 3. The van der Waals surface area contributed by atoms with Gasteiger partial charge in [0, 0.05) is 17.5 Å². The summed E-state index contributed by atoms with van der Waals surface area (Å²) >= 11 is 0. The van der Waals surface area contributed by atoms with Crippen LogP contribution in [-0.4, -0.2) is 18.8 Å². The highest BCUT2D eigenvalue weighted by atomic mass is 16.7. The van der Waals surface area contributed by atoms with E-state index in [4.69, 9.17) is 18.6 Å². The molecule has 0 bridgehead atoms. The third-order valence-electron chi connectivity index (χ3n) is 4.58. The number of fused-ring (bicyclic) bond motifs is 2. The molecule has 1 aliphatic heterocycles. The van der Waals surface area contributed by atoms with Crippen LogP contribution in [0.15, 0.2) is 51.7 Å².